The average molecular weight is 286 g/mol. The molecule has 0 aliphatic rings. The van der Waals surface area contributed by atoms with Crippen molar-refractivity contribution in [2.45, 2.75) is 11.7 Å². The Morgan fingerprint density at radius 1 is 1.00 bits per heavy atom. The van der Waals surface area contributed by atoms with Crippen molar-refractivity contribution in [2.24, 2.45) is 0 Å². The lowest BCUT2D eigenvalue weighted by atomic mass is 10.0. The first kappa shape index (κ1) is 14.8. The summed E-state index contributed by atoms with van der Waals surface area (Å²) in [5, 5.41) is 9.10. The van der Waals surface area contributed by atoms with Crippen molar-refractivity contribution in [1.29, 1.82) is 0 Å². The second-order valence-electron chi connectivity index (χ2n) is 4.49. The van der Waals surface area contributed by atoms with Crippen molar-refractivity contribution in [2.75, 3.05) is 12.4 Å². The number of carbonyl (C=O) groups is 1. The number of carbonyl (C=O) groups excluding carboxylic acids is 1. The highest BCUT2D eigenvalue weighted by Crippen LogP contribution is 2.32. The van der Waals surface area contributed by atoms with E-state index in [2.05, 4.69) is 0 Å². The molecule has 0 radical (unpaired) electrons. The smallest absolute Gasteiger partial charge is 0.164 e. The highest BCUT2D eigenvalue weighted by atomic mass is 32.2. The fourth-order valence-corrected chi connectivity index (χ4v) is 3.05. The molecule has 2 aromatic rings. The molecule has 2 aromatic carbocycles. The molecule has 3 heteroatoms. The lowest BCUT2D eigenvalue weighted by Gasteiger charge is -2.16. The molecule has 0 spiro atoms. The molecule has 2 nitrogen and oxygen atoms in total. The van der Waals surface area contributed by atoms with Gasteiger partial charge in [0.1, 0.15) is 0 Å². The first-order valence-electron chi connectivity index (χ1n) is 6.67. The van der Waals surface area contributed by atoms with Gasteiger partial charge >= 0.3 is 0 Å². The average Bonchev–Trinajstić information content (AvgIpc) is 2.53. The molecule has 0 saturated carbocycles. The van der Waals surface area contributed by atoms with E-state index in [1.165, 1.54) is 0 Å². The van der Waals surface area contributed by atoms with Crippen molar-refractivity contribution < 1.29 is 9.90 Å². The standard InChI is InChI=1S/C17H18O2S/c18-11-12-20-17(15-9-5-2-6-10-15)13-16(19)14-7-3-1-4-8-14/h1-10,17-18H,11-13H2. The van der Waals surface area contributed by atoms with E-state index in [1.54, 1.807) is 11.8 Å². The number of thioether (sulfide) groups is 1. The molecule has 0 fully saturated rings. The predicted octanol–water partition coefficient (Wildman–Crippen LogP) is 3.73. The number of aliphatic hydroxyl groups excluding tert-OH is 1. The Hall–Kier alpha value is -1.58. The molecule has 0 amide bonds. The SMILES string of the molecule is O=C(CC(SCCO)c1ccccc1)c1ccccc1. The van der Waals surface area contributed by atoms with Gasteiger partial charge in [0.25, 0.3) is 0 Å². The largest absolute Gasteiger partial charge is 0.396 e. The van der Waals surface area contributed by atoms with Crippen LogP contribution in [0.4, 0.5) is 0 Å². The van der Waals surface area contributed by atoms with Gasteiger partial charge in [-0.25, -0.2) is 0 Å². The van der Waals surface area contributed by atoms with Gasteiger partial charge in [-0.05, 0) is 5.56 Å². The number of hydrogen-bond donors (Lipinski definition) is 1. The summed E-state index contributed by atoms with van der Waals surface area (Å²) in [7, 11) is 0. The summed E-state index contributed by atoms with van der Waals surface area (Å²) < 4.78 is 0. The highest BCUT2D eigenvalue weighted by Gasteiger charge is 2.17. The van der Waals surface area contributed by atoms with E-state index >= 15 is 0 Å². The lowest BCUT2D eigenvalue weighted by Crippen LogP contribution is -2.06. The van der Waals surface area contributed by atoms with E-state index in [4.69, 9.17) is 5.11 Å². The summed E-state index contributed by atoms with van der Waals surface area (Å²) in [5.74, 6) is 0.784. The second kappa shape index (κ2) is 7.88. The summed E-state index contributed by atoms with van der Waals surface area (Å²) in [6.07, 6.45) is 0.457. The van der Waals surface area contributed by atoms with Crippen LogP contribution in [0.15, 0.2) is 60.7 Å². The Morgan fingerprint density at radius 3 is 2.20 bits per heavy atom. The number of benzene rings is 2. The van der Waals surface area contributed by atoms with Gasteiger partial charge in [-0.1, -0.05) is 60.7 Å². The third-order valence-corrected chi connectivity index (χ3v) is 4.31. The quantitative estimate of drug-likeness (QED) is 0.788. The minimum Gasteiger partial charge on any atom is -0.396 e. The minimum atomic E-state index is 0.0936. The van der Waals surface area contributed by atoms with Crippen LogP contribution in [-0.4, -0.2) is 23.2 Å². The fraction of sp³-hybridized carbons (Fsp3) is 0.235. The minimum absolute atomic E-state index is 0.0936. The van der Waals surface area contributed by atoms with Gasteiger partial charge < -0.3 is 5.11 Å². The molecule has 0 heterocycles. The van der Waals surface area contributed by atoms with Crippen molar-refractivity contribution in [1.82, 2.24) is 0 Å². The first-order chi connectivity index (χ1) is 9.81. The lowest BCUT2D eigenvalue weighted by molar-refractivity contribution is 0.0982. The Kier molecular flexibility index (Phi) is 5.84. The van der Waals surface area contributed by atoms with Gasteiger partial charge in [-0.2, -0.15) is 11.8 Å². The summed E-state index contributed by atoms with van der Waals surface area (Å²) in [6, 6.07) is 19.4. The third kappa shape index (κ3) is 4.22. The van der Waals surface area contributed by atoms with E-state index in [0.717, 1.165) is 11.1 Å². The van der Waals surface area contributed by atoms with Crippen LogP contribution in [0.2, 0.25) is 0 Å². The zero-order chi connectivity index (χ0) is 14.2. The van der Waals surface area contributed by atoms with E-state index in [-0.39, 0.29) is 17.6 Å². The van der Waals surface area contributed by atoms with Crippen LogP contribution in [-0.2, 0) is 0 Å². The van der Waals surface area contributed by atoms with Crippen molar-refractivity contribution in [3.05, 3.63) is 71.8 Å². The van der Waals surface area contributed by atoms with Gasteiger partial charge in [0.2, 0.25) is 0 Å². The van der Waals surface area contributed by atoms with Crippen LogP contribution in [0, 0.1) is 0 Å². The van der Waals surface area contributed by atoms with Gasteiger partial charge in [-0.3, -0.25) is 4.79 Å². The third-order valence-electron chi connectivity index (χ3n) is 3.05. The normalized spacial score (nSPS) is 12.1. The maximum atomic E-state index is 12.3. The molecule has 0 bridgehead atoms. The molecule has 0 aromatic heterocycles. The zero-order valence-corrected chi connectivity index (χ0v) is 12.1. The number of aliphatic hydroxyl groups is 1. The number of hydrogen-bond acceptors (Lipinski definition) is 3. The van der Waals surface area contributed by atoms with E-state index in [9.17, 15) is 4.79 Å². The van der Waals surface area contributed by atoms with Crippen molar-refractivity contribution >= 4 is 17.5 Å². The topological polar surface area (TPSA) is 37.3 Å². The molecule has 104 valence electrons. The summed E-state index contributed by atoms with van der Waals surface area (Å²) in [5.41, 5.74) is 1.88. The summed E-state index contributed by atoms with van der Waals surface area (Å²) in [4.78, 5) is 12.3. The molecular weight excluding hydrogens is 268 g/mol. The molecule has 0 aliphatic carbocycles. The van der Waals surface area contributed by atoms with Gasteiger partial charge in [-0.15, -0.1) is 0 Å². The molecule has 1 N–H and O–H groups in total. The number of rotatable bonds is 7. The molecule has 0 saturated heterocycles. The maximum Gasteiger partial charge on any atom is 0.164 e. The molecule has 2 rings (SSSR count). The van der Waals surface area contributed by atoms with E-state index in [0.29, 0.717) is 12.2 Å². The van der Waals surface area contributed by atoms with Crippen LogP contribution in [0.3, 0.4) is 0 Å². The summed E-state index contributed by atoms with van der Waals surface area (Å²) >= 11 is 1.63. The molecule has 20 heavy (non-hydrogen) atoms. The molecule has 0 aliphatic heterocycles. The number of Topliss-reactive ketones (excluding diaryl/α,β-unsaturated/α-hetero) is 1. The van der Waals surface area contributed by atoms with Gasteiger partial charge in [0.05, 0.1) is 6.61 Å². The van der Waals surface area contributed by atoms with E-state index in [1.807, 2.05) is 60.7 Å². The Morgan fingerprint density at radius 2 is 1.60 bits per heavy atom. The van der Waals surface area contributed by atoms with Crippen LogP contribution in [0.1, 0.15) is 27.6 Å². The van der Waals surface area contributed by atoms with Gasteiger partial charge in [0, 0.05) is 23.0 Å². The monoisotopic (exact) mass is 286 g/mol. The Balaban J connectivity index is 2.10. The zero-order valence-electron chi connectivity index (χ0n) is 11.2. The van der Waals surface area contributed by atoms with Crippen LogP contribution >= 0.6 is 11.8 Å². The number of ketones is 1. The van der Waals surface area contributed by atoms with Crippen LogP contribution in [0.25, 0.3) is 0 Å². The first-order valence-corrected chi connectivity index (χ1v) is 7.72. The van der Waals surface area contributed by atoms with Crippen LogP contribution in [0.5, 0.6) is 0 Å². The highest BCUT2D eigenvalue weighted by molar-refractivity contribution is 7.99. The van der Waals surface area contributed by atoms with Gasteiger partial charge in [0.15, 0.2) is 5.78 Å². The van der Waals surface area contributed by atoms with Crippen molar-refractivity contribution in [3.63, 3.8) is 0 Å². The van der Waals surface area contributed by atoms with E-state index < -0.39 is 0 Å². The fourth-order valence-electron chi connectivity index (χ4n) is 2.05. The summed E-state index contributed by atoms with van der Waals surface area (Å²) in [6.45, 7) is 0.132. The Bertz CT molecular complexity index is 525. The molecule has 1 atom stereocenters. The molecular formula is C17H18O2S. The van der Waals surface area contributed by atoms with Crippen LogP contribution < -0.4 is 0 Å². The molecule has 1 unspecified atom stereocenters. The Labute approximate surface area is 123 Å². The predicted molar refractivity (Wildman–Crippen MR) is 84.1 cm³/mol. The van der Waals surface area contributed by atoms with Crippen molar-refractivity contribution in [3.8, 4) is 0 Å². The second-order valence-corrected chi connectivity index (χ2v) is 5.80. The maximum absolute atomic E-state index is 12.3.